The van der Waals surface area contributed by atoms with Gasteiger partial charge in [-0.25, -0.2) is 0 Å². The number of benzene rings is 1. The van der Waals surface area contributed by atoms with Crippen molar-refractivity contribution in [2.24, 2.45) is 11.8 Å². The molecule has 0 bridgehead atoms. The number of halogens is 1. The molecule has 2 atom stereocenters. The zero-order valence-corrected chi connectivity index (χ0v) is 10.6. The Morgan fingerprint density at radius 1 is 1.31 bits per heavy atom. The molecule has 1 N–H and O–H groups in total. The normalized spacial score (nSPS) is 24.1. The maximum absolute atomic E-state index is 6.00. The van der Waals surface area contributed by atoms with Crippen molar-refractivity contribution < 1.29 is 0 Å². The fourth-order valence-corrected chi connectivity index (χ4v) is 2.68. The van der Waals surface area contributed by atoms with Crippen LogP contribution in [0, 0.1) is 11.8 Å². The van der Waals surface area contributed by atoms with E-state index in [2.05, 4.69) is 30.4 Å². The maximum Gasteiger partial charge on any atom is 0.0408 e. The van der Waals surface area contributed by atoms with Crippen LogP contribution in [-0.4, -0.2) is 13.1 Å². The van der Waals surface area contributed by atoms with Gasteiger partial charge in [0, 0.05) is 5.02 Å². The zero-order chi connectivity index (χ0) is 11.4. The summed E-state index contributed by atoms with van der Waals surface area (Å²) in [6, 6.07) is 8.29. The summed E-state index contributed by atoms with van der Waals surface area (Å²) in [6.07, 6.45) is 3.96. The van der Waals surface area contributed by atoms with Crippen molar-refractivity contribution in [2.75, 3.05) is 13.1 Å². The highest BCUT2D eigenvalue weighted by molar-refractivity contribution is 6.30. The van der Waals surface area contributed by atoms with Crippen molar-refractivity contribution in [3.8, 4) is 0 Å². The lowest BCUT2D eigenvalue weighted by Crippen LogP contribution is -2.36. The van der Waals surface area contributed by atoms with Gasteiger partial charge in [-0.2, -0.15) is 0 Å². The molecule has 0 aliphatic heterocycles. The second kappa shape index (κ2) is 5.70. The predicted octanol–water partition coefficient (Wildman–Crippen LogP) is 3.52. The molecule has 1 saturated carbocycles. The molecule has 1 aliphatic rings. The standard InChI is InChI=1S/C14H20ClN/c1-2-16-10-13-7-6-12(13)8-11-4-3-5-14(15)9-11/h3-5,9,12-13,16H,2,6-8,10H2,1H3. The summed E-state index contributed by atoms with van der Waals surface area (Å²) in [5.41, 5.74) is 1.39. The van der Waals surface area contributed by atoms with Crippen LogP contribution in [0.3, 0.4) is 0 Å². The van der Waals surface area contributed by atoms with Gasteiger partial charge in [-0.3, -0.25) is 0 Å². The molecule has 0 spiro atoms. The van der Waals surface area contributed by atoms with Crippen LogP contribution in [0.2, 0.25) is 5.02 Å². The van der Waals surface area contributed by atoms with Gasteiger partial charge in [0.05, 0.1) is 0 Å². The molecule has 1 aromatic carbocycles. The predicted molar refractivity (Wildman–Crippen MR) is 69.9 cm³/mol. The Morgan fingerprint density at radius 2 is 2.12 bits per heavy atom. The van der Waals surface area contributed by atoms with Gasteiger partial charge >= 0.3 is 0 Å². The number of hydrogen-bond donors (Lipinski definition) is 1. The molecule has 1 aliphatic carbocycles. The molecule has 2 rings (SSSR count). The first kappa shape index (κ1) is 11.9. The van der Waals surface area contributed by atoms with Gasteiger partial charge in [0.15, 0.2) is 0 Å². The maximum atomic E-state index is 6.00. The van der Waals surface area contributed by atoms with E-state index in [1.807, 2.05) is 6.07 Å². The molecule has 88 valence electrons. The Hall–Kier alpha value is -0.530. The summed E-state index contributed by atoms with van der Waals surface area (Å²) in [5, 5.41) is 4.31. The van der Waals surface area contributed by atoms with E-state index in [4.69, 9.17) is 11.6 Å². The van der Waals surface area contributed by atoms with E-state index in [-0.39, 0.29) is 0 Å². The molecule has 0 radical (unpaired) electrons. The third kappa shape index (κ3) is 2.99. The van der Waals surface area contributed by atoms with E-state index < -0.39 is 0 Å². The third-order valence-corrected chi connectivity index (χ3v) is 3.85. The molecule has 0 saturated heterocycles. The SMILES string of the molecule is CCNCC1CCC1Cc1cccc(Cl)c1. The molecule has 16 heavy (non-hydrogen) atoms. The van der Waals surface area contributed by atoms with Crippen molar-refractivity contribution in [1.82, 2.24) is 5.32 Å². The van der Waals surface area contributed by atoms with Gasteiger partial charge in [0.2, 0.25) is 0 Å². The molecule has 0 aromatic heterocycles. The van der Waals surface area contributed by atoms with Crippen LogP contribution in [-0.2, 0) is 6.42 Å². The molecule has 2 unspecified atom stereocenters. The van der Waals surface area contributed by atoms with E-state index in [9.17, 15) is 0 Å². The average molecular weight is 238 g/mol. The van der Waals surface area contributed by atoms with Crippen molar-refractivity contribution >= 4 is 11.6 Å². The smallest absolute Gasteiger partial charge is 0.0408 e. The lowest BCUT2D eigenvalue weighted by Gasteiger charge is -2.37. The van der Waals surface area contributed by atoms with Crippen molar-refractivity contribution in [2.45, 2.75) is 26.2 Å². The van der Waals surface area contributed by atoms with Crippen LogP contribution in [0.4, 0.5) is 0 Å². The fourth-order valence-electron chi connectivity index (χ4n) is 2.47. The minimum atomic E-state index is 0.859. The average Bonchev–Trinajstić information content (AvgIpc) is 2.25. The van der Waals surface area contributed by atoms with Crippen LogP contribution >= 0.6 is 11.6 Å². The molecule has 2 heteroatoms. The summed E-state index contributed by atoms with van der Waals surface area (Å²) in [7, 11) is 0. The largest absolute Gasteiger partial charge is 0.317 e. The Kier molecular flexibility index (Phi) is 4.25. The number of rotatable bonds is 5. The van der Waals surface area contributed by atoms with Gasteiger partial charge in [0.1, 0.15) is 0 Å². The van der Waals surface area contributed by atoms with E-state index >= 15 is 0 Å². The Labute approximate surface area is 103 Å². The number of hydrogen-bond acceptors (Lipinski definition) is 1. The molecule has 0 heterocycles. The molecule has 1 aromatic rings. The number of nitrogens with one attached hydrogen (secondary N) is 1. The minimum absolute atomic E-state index is 0.859. The van der Waals surface area contributed by atoms with Crippen LogP contribution in [0.15, 0.2) is 24.3 Å². The lowest BCUT2D eigenvalue weighted by molar-refractivity contribution is 0.172. The minimum Gasteiger partial charge on any atom is -0.317 e. The van der Waals surface area contributed by atoms with Crippen LogP contribution < -0.4 is 5.32 Å². The van der Waals surface area contributed by atoms with Crippen LogP contribution in [0.25, 0.3) is 0 Å². The van der Waals surface area contributed by atoms with E-state index in [1.165, 1.54) is 31.4 Å². The topological polar surface area (TPSA) is 12.0 Å². The quantitative estimate of drug-likeness (QED) is 0.827. The van der Waals surface area contributed by atoms with Gasteiger partial charge in [0.25, 0.3) is 0 Å². The third-order valence-electron chi connectivity index (χ3n) is 3.62. The Bertz CT molecular complexity index is 337. The first-order chi connectivity index (χ1) is 7.79. The summed E-state index contributed by atoms with van der Waals surface area (Å²) in [5.74, 6) is 1.73. The molecular weight excluding hydrogens is 218 g/mol. The second-order valence-corrected chi connectivity index (χ2v) is 5.18. The van der Waals surface area contributed by atoms with E-state index in [0.29, 0.717) is 0 Å². The molecule has 1 nitrogen and oxygen atoms in total. The molecule has 1 fully saturated rings. The summed E-state index contributed by atoms with van der Waals surface area (Å²) >= 11 is 6.00. The summed E-state index contributed by atoms with van der Waals surface area (Å²) in [6.45, 7) is 4.44. The van der Waals surface area contributed by atoms with Gasteiger partial charge in [-0.15, -0.1) is 0 Å². The summed E-state index contributed by atoms with van der Waals surface area (Å²) in [4.78, 5) is 0. The summed E-state index contributed by atoms with van der Waals surface area (Å²) < 4.78 is 0. The van der Waals surface area contributed by atoms with Gasteiger partial charge < -0.3 is 5.32 Å². The van der Waals surface area contributed by atoms with Gasteiger partial charge in [-0.05, 0) is 61.9 Å². The van der Waals surface area contributed by atoms with Crippen molar-refractivity contribution in [3.05, 3.63) is 34.9 Å². The molecule has 0 amide bonds. The van der Waals surface area contributed by atoms with Gasteiger partial charge in [-0.1, -0.05) is 30.7 Å². The first-order valence-corrected chi connectivity index (χ1v) is 6.62. The lowest BCUT2D eigenvalue weighted by atomic mass is 9.71. The Morgan fingerprint density at radius 3 is 2.75 bits per heavy atom. The van der Waals surface area contributed by atoms with E-state index in [0.717, 1.165) is 23.4 Å². The van der Waals surface area contributed by atoms with Crippen LogP contribution in [0.1, 0.15) is 25.3 Å². The highest BCUT2D eigenvalue weighted by atomic mass is 35.5. The highest BCUT2D eigenvalue weighted by Crippen LogP contribution is 2.36. The van der Waals surface area contributed by atoms with E-state index in [1.54, 1.807) is 0 Å². The highest BCUT2D eigenvalue weighted by Gasteiger charge is 2.29. The first-order valence-electron chi connectivity index (χ1n) is 6.24. The van der Waals surface area contributed by atoms with Crippen molar-refractivity contribution in [3.63, 3.8) is 0 Å². The molecular formula is C14H20ClN. The Balaban J connectivity index is 1.85. The van der Waals surface area contributed by atoms with Crippen LogP contribution in [0.5, 0.6) is 0 Å². The second-order valence-electron chi connectivity index (χ2n) is 4.74. The zero-order valence-electron chi connectivity index (χ0n) is 9.88. The monoisotopic (exact) mass is 237 g/mol. The fraction of sp³-hybridized carbons (Fsp3) is 0.571. The van der Waals surface area contributed by atoms with Crippen molar-refractivity contribution in [1.29, 1.82) is 0 Å².